The molecule has 3 N–H and O–H groups in total. The summed E-state index contributed by atoms with van der Waals surface area (Å²) in [5.41, 5.74) is 5.35. The Labute approximate surface area is 382 Å². The summed E-state index contributed by atoms with van der Waals surface area (Å²) < 4.78 is 32.8. The molecule has 0 saturated heterocycles. The van der Waals surface area contributed by atoms with E-state index in [4.69, 9.17) is 24.3 Å². The zero-order valence-corrected chi connectivity index (χ0v) is 41.3. The van der Waals surface area contributed by atoms with Gasteiger partial charge in [0, 0.05) is 19.4 Å². The summed E-state index contributed by atoms with van der Waals surface area (Å²) >= 11 is 0. The van der Waals surface area contributed by atoms with Crippen LogP contribution in [0.2, 0.25) is 0 Å². The van der Waals surface area contributed by atoms with Crippen LogP contribution in [0.5, 0.6) is 0 Å². The lowest BCUT2D eigenvalue weighted by molar-refractivity contribution is -0.161. The Morgan fingerprint density at radius 3 is 1.31 bits per heavy atom. The van der Waals surface area contributed by atoms with Crippen LogP contribution >= 0.6 is 7.82 Å². The number of ether oxygens (including phenoxy) is 2. The van der Waals surface area contributed by atoms with Crippen molar-refractivity contribution in [3.63, 3.8) is 0 Å². The highest BCUT2D eigenvalue weighted by Gasteiger charge is 2.26. The Bertz CT molecular complexity index is 1110. The van der Waals surface area contributed by atoms with Crippen molar-refractivity contribution in [3.05, 3.63) is 36.5 Å². The molecular formula is C52H98NO8P. The van der Waals surface area contributed by atoms with Gasteiger partial charge in [-0.15, -0.1) is 0 Å². The number of rotatable bonds is 49. The van der Waals surface area contributed by atoms with Crippen LogP contribution in [0.25, 0.3) is 0 Å². The van der Waals surface area contributed by atoms with Gasteiger partial charge in [-0.25, -0.2) is 4.57 Å². The van der Waals surface area contributed by atoms with E-state index in [1.807, 2.05) is 0 Å². The van der Waals surface area contributed by atoms with Crippen molar-refractivity contribution in [2.24, 2.45) is 5.73 Å². The van der Waals surface area contributed by atoms with Crippen molar-refractivity contribution in [2.75, 3.05) is 26.4 Å². The van der Waals surface area contributed by atoms with Gasteiger partial charge in [-0.3, -0.25) is 18.6 Å². The van der Waals surface area contributed by atoms with E-state index in [0.717, 1.165) is 64.2 Å². The molecule has 0 aromatic heterocycles. The Hall–Kier alpha value is -1.77. The normalized spacial score (nSPS) is 13.4. The SMILES string of the molecule is CCC/C=C\CCCCCCCC(=O)OCC(COP(=O)(O)OCCN)OC(=O)CCCCCCCCCCCCCCCCCCCCC/C=C\C/C=C\CCCCCCC. The van der Waals surface area contributed by atoms with E-state index in [-0.39, 0.29) is 38.6 Å². The first kappa shape index (κ1) is 60.2. The molecule has 0 aliphatic carbocycles. The fourth-order valence-electron chi connectivity index (χ4n) is 7.38. The van der Waals surface area contributed by atoms with Gasteiger partial charge in [-0.2, -0.15) is 0 Å². The number of carbonyl (C=O) groups excluding carboxylic acids is 2. The molecule has 0 aromatic carbocycles. The minimum atomic E-state index is -4.38. The second kappa shape index (κ2) is 48.7. The minimum absolute atomic E-state index is 0.0534. The highest BCUT2D eigenvalue weighted by molar-refractivity contribution is 7.47. The molecule has 0 radical (unpaired) electrons. The van der Waals surface area contributed by atoms with E-state index in [0.29, 0.717) is 6.42 Å². The number of nitrogens with two attached hydrogens (primary N) is 1. The molecule has 9 nitrogen and oxygen atoms in total. The van der Waals surface area contributed by atoms with Gasteiger partial charge in [-0.05, 0) is 64.2 Å². The Morgan fingerprint density at radius 1 is 0.484 bits per heavy atom. The standard InChI is InChI=1S/C52H98NO8P/c1-3-5-7-9-11-13-15-16-17-18-19-20-21-22-23-24-25-26-27-28-29-30-31-32-33-34-35-37-39-41-43-45-52(55)61-50(49-60-62(56,57)59-47-46-53)48-58-51(54)44-42-40-38-36-14-12-10-8-6-4-2/h8,10,15-16,18-19,50H,3-7,9,11-14,17,20-49,53H2,1-2H3,(H,56,57)/b10-8-,16-15-,19-18-. The number of allylic oxidation sites excluding steroid dienone is 6. The largest absolute Gasteiger partial charge is 0.472 e. The molecule has 0 aromatic rings. The monoisotopic (exact) mass is 896 g/mol. The van der Waals surface area contributed by atoms with Crippen molar-refractivity contribution in [3.8, 4) is 0 Å². The molecule has 0 aliphatic rings. The molecule has 62 heavy (non-hydrogen) atoms. The van der Waals surface area contributed by atoms with Gasteiger partial charge >= 0.3 is 19.8 Å². The van der Waals surface area contributed by atoms with Crippen LogP contribution in [0, 0.1) is 0 Å². The molecule has 0 aliphatic heterocycles. The zero-order chi connectivity index (χ0) is 45.3. The fraction of sp³-hybridized carbons (Fsp3) is 0.846. The van der Waals surface area contributed by atoms with Gasteiger partial charge in [0.15, 0.2) is 6.10 Å². The van der Waals surface area contributed by atoms with Crippen molar-refractivity contribution >= 4 is 19.8 Å². The van der Waals surface area contributed by atoms with Gasteiger partial charge in [0.05, 0.1) is 13.2 Å². The van der Waals surface area contributed by atoms with Crippen LogP contribution in [0.4, 0.5) is 0 Å². The lowest BCUT2D eigenvalue weighted by Gasteiger charge is -2.19. The quantitative estimate of drug-likeness (QED) is 0.0265. The smallest absolute Gasteiger partial charge is 0.462 e. The van der Waals surface area contributed by atoms with Gasteiger partial charge in [-0.1, -0.05) is 211 Å². The summed E-state index contributed by atoms with van der Waals surface area (Å²) in [5, 5.41) is 0. The van der Waals surface area contributed by atoms with Crippen LogP contribution in [-0.2, 0) is 32.7 Å². The Morgan fingerprint density at radius 2 is 0.871 bits per heavy atom. The Balaban J connectivity index is 3.84. The third-order valence-electron chi connectivity index (χ3n) is 11.2. The molecule has 0 fully saturated rings. The third-order valence-corrected chi connectivity index (χ3v) is 12.2. The molecule has 0 amide bonds. The maximum Gasteiger partial charge on any atom is 0.472 e. The van der Waals surface area contributed by atoms with Crippen LogP contribution in [0.3, 0.4) is 0 Å². The first-order chi connectivity index (χ1) is 30.3. The molecule has 0 spiro atoms. The van der Waals surface area contributed by atoms with Crippen LogP contribution in [0.15, 0.2) is 36.5 Å². The van der Waals surface area contributed by atoms with Crippen LogP contribution in [-0.4, -0.2) is 49.3 Å². The topological polar surface area (TPSA) is 134 Å². The summed E-state index contributed by atoms with van der Waals surface area (Å²) in [4.78, 5) is 34.9. The van der Waals surface area contributed by atoms with E-state index < -0.39 is 26.5 Å². The van der Waals surface area contributed by atoms with E-state index in [1.54, 1.807) is 0 Å². The average Bonchev–Trinajstić information content (AvgIpc) is 3.26. The molecule has 0 heterocycles. The lowest BCUT2D eigenvalue weighted by atomic mass is 10.0. The highest BCUT2D eigenvalue weighted by Crippen LogP contribution is 2.43. The fourth-order valence-corrected chi connectivity index (χ4v) is 8.14. The number of phosphoric acid groups is 1. The summed E-state index contributed by atoms with van der Waals surface area (Å²) in [6, 6.07) is 0. The number of hydrogen-bond acceptors (Lipinski definition) is 8. The van der Waals surface area contributed by atoms with Crippen molar-refractivity contribution in [2.45, 2.75) is 258 Å². The molecule has 0 bridgehead atoms. The first-order valence-corrected chi connectivity index (χ1v) is 27.5. The number of carbonyl (C=O) groups is 2. The average molecular weight is 896 g/mol. The second-order valence-electron chi connectivity index (χ2n) is 17.4. The summed E-state index contributed by atoms with van der Waals surface area (Å²) in [6.07, 6.45) is 56.5. The third kappa shape index (κ3) is 47.7. The summed E-state index contributed by atoms with van der Waals surface area (Å²) in [7, 11) is -4.38. The minimum Gasteiger partial charge on any atom is -0.462 e. The molecule has 2 unspecified atom stereocenters. The number of unbranched alkanes of at least 4 members (excludes halogenated alkanes) is 30. The maximum absolute atomic E-state index is 12.6. The summed E-state index contributed by atoms with van der Waals surface area (Å²) in [6.45, 7) is 3.67. The van der Waals surface area contributed by atoms with E-state index in [2.05, 4.69) is 50.3 Å². The van der Waals surface area contributed by atoms with Gasteiger partial charge in [0.2, 0.25) is 0 Å². The first-order valence-electron chi connectivity index (χ1n) is 26.0. The van der Waals surface area contributed by atoms with Crippen molar-refractivity contribution in [1.82, 2.24) is 0 Å². The van der Waals surface area contributed by atoms with E-state index in [9.17, 15) is 19.0 Å². The predicted octanol–water partition coefficient (Wildman–Crippen LogP) is 15.7. The number of phosphoric ester groups is 1. The van der Waals surface area contributed by atoms with Crippen molar-refractivity contribution < 1.29 is 37.6 Å². The van der Waals surface area contributed by atoms with Gasteiger partial charge in [0.1, 0.15) is 6.61 Å². The number of esters is 2. The molecule has 0 rings (SSSR count). The molecule has 0 saturated carbocycles. The van der Waals surface area contributed by atoms with Crippen LogP contribution in [0.1, 0.15) is 251 Å². The predicted molar refractivity (Wildman–Crippen MR) is 261 cm³/mol. The molecule has 364 valence electrons. The lowest BCUT2D eigenvalue weighted by Crippen LogP contribution is -2.29. The second-order valence-corrected chi connectivity index (χ2v) is 18.8. The zero-order valence-electron chi connectivity index (χ0n) is 40.4. The van der Waals surface area contributed by atoms with Gasteiger partial charge in [0.25, 0.3) is 0 Å². The van der Waals surface area contributed by atoms with E-state index in [1.165, 1.54) is 154 Å². The molecule has 10 heteroatoms. The highest BCUT2D eigenvalue weighted by atomic mass is 31.2. The molecular weight excluding hydrogens is 798 g/mol. The number of hydrogen-bond donors (Lipinski definition) is 2. The summed E-state index contributed by atoms with van der Waals surface area (Å²) in [5.74, 6) is -0.833. The van der Waals surface area contributed by atoms with Crippen molar-refractivity contribution in [1.29, 1.82) is 0 Å². The van der Waals surface area contributed by atoms with E-state index >= 15 is 0 Å². The molecule has 2 atom stereocenters. The maximum atomic E-state index is 12.6. The van der Waals surface area contributed by atoms with Gasteiger partial charge < -0.3 is 20.1 Å². The Kier molecular flexibility index (Phi) is 47.3. The van der Waals surface area contributed by atoms with Crippen LogP contribution < -0.4 is 5.73 Å².